The molecule has 28 heavy (non-hydrogen) atoms. The number of aliphatic hydroxyl groups excluding tert-OH is 1. The predicted octanol–water partition coefficient (Wildman–Crippen LogP) is 5.28. The van der Waals surface area contributed by atoms with Crippen LogP contribution in [0.15, 0.2) is 78.9 Å². The molecule has 142 valence electrons. The van der Waals surface area contributed by atoms with Gasteiger partial charge in [-0.2, -0.15) is 0 Å². The minimum Gasteiger partial charge on any atom is -0.489 e. The lowest BCUT2D eigenvalue weighted by molar-refractivity contribution is 0.203. The minimum atomic E-state index is -0.794. The van der Waals surface area contributed by atoms with Crippen molar-refractivity contribution in [2.24, 2.45) is 0 Å². The van der Waals surface area contributed by atoms with Crippen molar-refractivity contribution in [3.8, 4) is 5.75 Å². The maximum absolute atomic E-state index is 11.0. The molecule has 0 saturated heterocycles. The second-order valence-electron chi connectivity index (χ2n) is 7.17. The molecule has 3 aromatic carbocycles. The fourth-order valence-corrected chi connectivity index (χ4v) is 3.44. The van der Waals surface area contributed by atoms with Gasteiger partial charge in [-0.05, 0) is 49.2 Å². The highest BCUT2D eigenvalue weighted by Gasteiger charge is 2.21. The maximum atomic E-state index is 11.0. The van der Waals surface area contributed by atoms with E-state index >= 15 is 0 Å². The van der Waals surface area contributed by atoms with Crippen molar-refractivity contribution in [2.45, 2.75) is 32.6 Å². The van der Waals surface area contributed by atoms with Crippen LogP contribution in [-0.2, 0) is 6.61 Å². The number of aromatic nitrogens is 2. The van der Waals surface area contributed by atoms with E-state index in [0.717, 1.165) is 27.9 Å². The number of nitrogens with zero attached hydrogens (tertiary/aromatic N) is 2. The van der Waals surface area contributed by atoms with Gasteiger partial charge in [0.1, 0.15) is 24.3 Å². The first-order valence-electron chi connectivity index (χ1n) is 9.55. The fraction of sp³-hybridized carbons (Fsp3) is 0.208. The van der Waals surface area contributed by atoms with Gasteiger partial charge in [0, 0.05) is 6.04 Å². The lowest BCUT2D eigenvalue weighted by Gasteiger charge is -2.17. The van der Waals surface area contributed by atoms with E-state index in [9.17, 15) is 5.11 Å². The Balaban J connectivity index is 1.56. The minimum absolute atomic E-state index is 0.200. The lowest BCUT2D eigenvalue weighted by Crippen LogP contribution is -2.12. The molecule has 4 heteroatoms. The highest BCUT2D eigenvalue weighted by Crippen LogP contribution is 2.29. The van der Waals surface area contributed by atoms with Gasteiger partial charge in [-0.1, -0.05) is 54.6 Å². The number of hydrogen-bond donors (Lipinski definition) is 1. The third-order valence-electron chi connectivity index (χ3n) is 4.83. The molecule has 0 aliphatic carbocycles. The van der Waals surface area contributed by atoms with E-state index in [1.54, 1.807) is 0 Å². The molecule has 1 heterocycles. The molecule has 4 aromatic rings. The number of hydrogen-bond acceptors (Lipinski definition) is 3. The zero-order valence-electron chi connectivity index (χ0n) is 16.1. The molecule has 0 aliphatic heterocycles. The topological polar surface area (TPSA) is 47.3 Å². The van der Waals surface area contributed by atoms with Crippen molar-refractivity contribution in [1.29, 1.82) is 0 Å². The first-order chi connectivity index (χ1) is 13.6. The van der Waals surface area contributed by atoms with Crippen LogP contribution in [0.5, 0.6) is 5.75 Å². The average molecular weight is 372 g/mol. The summed E-state index contributed by atoms with van der Waals surface area (Å²) in [6.45, 7) is 4.72. The van der Waals surface area contributed by atoms with Gasteiger partial charge in [-0.3, -0.25) is 0 Å². The molecule has 0 saturated carbocycles. The summed E-state index contributed by atoms with van der Waals surface area (Å²) in [6, 6.07) is 25.8. The van der Waals surface area contributed by atoms with Crippen molar-refractivity contribution in [2.75, 3.05) is 0 Å². The van der Waals surface area contributed by atoms with E-state index in [1.807, 2.05) is 78.9 Å². The van der Waals surface area contributed by atoms with Crippen LogP contribution in [0.3, 0.4) is 0 Å². The molecular weight excluding hydrogens is 348 g/mol. The Kier molecular flexibility index (Phi) is 5.13. The number of fused-ring (bicyclic) bond motifs is 1. The molecule has 1 atom stereocenters. The van der Waals surface area contributed by atoms with Crippen LogP contribution in [0.2, 0.25) is 0 Å². The van der Waals surface area contributed by atoms with E-state index in [1.165, 1.54) is 0 Å². The van der Waals surface area contributed by atoms with Gasteiger partial charge in [0.15, 0.2) is 0 Å². The molecule has 4 rings (SSSR count). The summed E-state index contributed by atoms with van der Waals surface area (Å²) in [5.74, 6) is 1.44. The number of imidazole rings is 1. The zero-order valence-corrected chi connectivity index (χ0v) is 16.1. The number of rotatable bonds is 6. The summed E-state index contributed by atoms with van der Waals surface area (Å²) in [5.41, 5.74) is 3.85. The van der Waals surface area contributed by atoms with Crippen molar-refractivity contribution in [3.05, 3.63) is 95.8 Å². The van der Waals surface area contributed by atoms with Crippen molar-refractivity contribution in [3.63, 3.8) is 0 Å². The van der Waals surface area contributed by atoms with Crippen LogP contribution in [0.4, 0.5) is 0 Å². The molecule has 0 unspecified atom stereocenters. The van der Waals surface area contributed by atoms with Gasteiger partial charge in [0.2, 0.25) is 0 Å². The highest BCUT2D eigenvalue weighted by atomic mass is 16.5. The van der Waals surface area contributed by atoms with Crippen LogP contribution < -0.4 is 4.74 Å². The Labute approximate surface area is 165 Å². The van der Waals surface area contributed by atoms with E-state index in [4.69, 9.17) is 9.72 Å². The summed E-state index contributed by atoms with van der Waals surface area (Å²) >= 11 is 0. The molecule has 0 radical (unpaired) electrons. The van der Waals surface area contributed by atoms with Gasteiger partial charge in [-0.25, -0.2) is 4.98 Å². The fourth-order valence-electron chi connectivity index (χ4n) is 3.44. The first-order valence-corrected chi connectivity index (χ1v) is 9.55. The average Bonchev–Trinajstić information content (AvgIpc) is 3.13. The number of aliphatic hydroxyl groups is 1. The first kappa shape index (κ1) is 18.3. The van der Waals surface area contributed by atoms with Gasteiger partial charge >= 0.3 is 0 Å². The molecule has 0 aliphatic rings. The summed E-state index contributed by atoms with van der Waals surface area (Å²) in [6.07, 6.45) is -0.794. The summed E-state index contributed by atoms with van der Waals surface area (Å²) < 4.78 is 7.94. The molecule has 1 N–H and O–H groups in total. The molecule has 0 bridgehead atoms. The van der Waals surface area contributed by atoms with Gasteiger partial charge < -0.3 is 14.4 Å². The summed E-state index contributed by atoms with van der Waals surface area (Å²) in [5, 5.41) is 11.0. The van der Waals surface area contributed by atoms with Crippen LogP contribution in [0.25, 0.3) is 11.0 Å². The number of benzene rings is 3. The van der Waals surface area contributed by atoms with E-state index < -0.39 is 6.10 Å². The van der Waals surface area contributed by atoms with Crippen LogP contribution >= 0.6 is 0 Å². The van der Waals surface area contributed by atoms with Crippen LogP contribution in [0.1, 0.15) is 42.9 Å². The molecule has 4 nitrogen and oxygen atoms in total. The second kappa shape index (κ2) is 7.87. The largest absolute Gasteiger partial charge is 0.489 e. The number of para-hydroxylation sites is 2. The Morgan fingerprint density at radius 1 is 0.893 bits per heavy atom. The summed E-state index contributed by atoms with van der Waals surface area (Å²) in [7, 11) is 0. The molecule has 0 amide bonds. The Hall–Kier alpha value is -3.11. The quantitative estimate of drug-likeness (QED) is 0.501. The van der Waals surface area contributed by atoms with Crippen LogP contribution in [0, 0.1) is 0 Å². The van der Waals surface area contributed by atoms with Crippen molar-refractivity contribution in [1.82, 2.24) is 9.55 Å². The number of ether oxygens (including phenoxy) is 1. The van der Waals surface area contributed by atoms with Crippen molar-refractivity contribution >= 4 is 11.0 Å². The van der Waals surface area contributed by atoms with E-state index in [0.29, 0.717) is 12.4 Å². The maximum Gasteiger partial charge on any atom is 0.143 e. The van der Waals surface area contributed by atoms with Crippen LogP contribution in [-0.4, -0.2) is 14.7 Å². The normalized spacial score (nSPS) is 12.4. The lowest BCUT2D eigenvalue weighted by atomic mass is 10.1. The van der Waals surface area contributed by atoms with E-state index in [-0.39, 0.29) is 6.04 Å². The van der Waals surface area contributed by atoms with Crippen molar-refractivity contribution < 1.29 is 9.84 Å². The SMILES string of the molecule is CC(C)n1c([C@@H](O)c2ccc(OCc3ccccc3)cc2)nc2ccccc21. The monoisotopic (exact) mass is 372 g/mol. The van der Waals surface area contributed by atoms with E-state index in [2.05, 4.69) is 18.4 Å². The third-order valence-corrected chi connectivity index (χ3v) is 4.83. The Bertz CT molecular complexity index is 1050. The van der Waals surface area contributed by atoms with Gasteiger partial charge in [0.05, 0.1) is 11.0 Å². The zero-order chi connectivity index (χ0) is 19.5. The summed E-state index contributed by atoms with van der Waals surface area (Å²) in [4.78, 5) is 4.69. The molecular formula is C24H24N2O2. The Morgan fingerprint density at radius 2 is 1.57 bits per heavy atom. The molecule has 0 fully saturated rings. The van der Waals surface area contributed by atoms with Gasteiger partial charge in [-0.15, -0.1) is 0 Å². The van der Waals surface area contributed by atoms with Gasteiger partial charge in [0.25, 0.3) is 0 Å². The Morgan fingerprint density at radius 3 is 2.29 bits per heavy atom. The predicted molar refractivity (Wildman–Crippen MR) is 111 cm³/mol. The standard InChI is InChI=1S/C24H24N2O2/c1-17(2)26-22-11-7-6-10-21(22)25-24(26)23(27)19-12-14-20(15-13-19)28-16-18-8-4-3-5-9-18/h3-15,17,23,27H,16H2,1-2H3/t23-/m0/s1. The highest BCUT2D eigenvalue weighted by molar-refractivity contribution is 5.76. The molecule has 0 spiro atoms. The second-order valence-corrected chi connectivity index (χ2v) is 7.17. The third kappa shape index (κ3) is 3.64. The smallest absolute Gasteiger partial charge is 0.143 e. The molecule has 1 aromatic heterocycles.